The van der Waals surface area contributed by atoms with Crippen LogP contribution in [-0.2, 0) is 4.79 Å². The van der Waals surface area contributed by atoms with Crippen molar-refractivity contribution < 1.29 is 4.79 Å². The zero-order valence-corrected chi connectivity index (χ0v) is 18.8. The van der Waals surface area contributed by atoms with Crippen molar-refractivity contribution in [3.05, 3.63) is 66.2 Å². The Bertz CT molecular complexity index is 1080. The predicted molar refractivity (Wildman–Crippen MR) is 130 cm³/mol. The van der Waals surface area contributed by atoms with E-state index in [0.717, 1.165) is 21.9 Å². The van der Waals surface area contributed by atoms with Gasteiger partial charge in [-0.2, -0.15) is 5.10 Å². The molecular weight excluding hydrogens is 430 g/mol. The molecule has 0 radical (unpaired) electrons. The summed E-state index contributed by atoms with van der Waals surface area (Å²) in [7, 11) is 0. The molecule has 0 atom stereocenters. The van der Waals surface area contributed by atoms with Gasteiger partial charge in [0, 0.05) is 4.90 Å². The van der Waals surface area contributed by atoms with Crippen LogP contribution in [0.15, 0.2) is 75.8 Å². The number of nitrogens with zero attached hydrogens (tertiary/aromatic N) is 4. The van der Waals surface area contributed by atoms with E-state index in [0.29, 0.717) is 5.16 Å². The number of nitrogen functional groups attached to an aromatic ring is 1. The minimum atomic E-state index is -0.149. The van der Waals surface area contributed by atoms with Crippen molar-refractivity contribution in [2.45, 2.75) is 17.0 Å². The molecule has 31 heavy (non-hydrogen) atoms. The predicted octanol–water partition coefficient (Wildman–Crippen LogP) is 3.95. The summed E-state index contributed by atoms with van der Waals surface area (Å²) in [6.45, 7) is 1.86. The molecule has 8 nitrogen and oxygen atoms in total. The number of anilines is 2. The molecule has 0 aliphatic heterocycles. The summed E-state index contributed by atoms with van der Waals surface area (Å²) in [5.41, 5.74) is 5.40. The van der Waals surface area contributed by atoms with Crippen LogP contribution < -0.4 is 16.6 Å². The number of nitrogens with one attached hydrogen (secondary N) is 2. The minimum Gasteiger partial charge on any atom is -0.334 e. The van der Waals surface area contributed by atoms with Crippen LogP contribution in [0.2, 0.25) is 0 Å². The van der Waals surface area contributed by atoms with Gasteiger partial charge in [-0.3, -0.25) is 4.79 Å². The van der Waals surface area contributed by atoms with E-state index in [1.165, 1.54) is 16.4 Å². The number of benzene rings is 2. The SMILES string of the molecule is CSc1ccccc1NC(=O)CSc1nnc(N/N=C(C)/C=C/c2ccccc2)n1N. The van der Waals surface area contributed by atoms with E-state index in [1.54, 1.807) is 11.8 Å². The molecule has 0 fully saturated rings. The molecule has 0 spiro atoms. The van der Waals surface area contributed by atoms with Crippen LogP contribution >= 0.6 is 23.5 Å². The standard InChI is InChI=1S/C21H23N7OS2/c1-15(12-13-16-8-4-3-5-9-16)24-25-20-26-27-21(28(20)22)31-14-19(29)23-17-10-6-7-11-18(17)30-2/h3-13H,14,22H2,1-2H3,(H,23,29)(H,25,26)/b13-12+,24-15+. The molecule has 0 bridgehead atoms. The average molecular weight is 454 g/mol. The summed E-state index contributed by atoms with van der Waals surface area (Å²) >= 11 is 2.77. The number of allylic oxidation sites excluding steroid dienone is 1. The van der Waals surface area contributed by atoms with Crippen molar-refractivity contribution in [2.24, 2.45) is 5.10 Å². The largest absolute Gasteiger partial charge is 0.334 e. The van der Waals surface area contributed by atoms with E-state index in [2.05, 4.69) is 26.0 Å². The second kappa shape index (κ2) is 11.2. The summed E-state index contributed by atoms with van der Waals surface area (Å²) in [6, 6.07) is 17.6. The Morgan fingerprint density at radius 1 is 1.16 bits per heavy atom. The van der Waals surface area contributed by atoms with Gasteiger partial charge >= 0.3 is 0 Å². The van der Waals surface area contributed by atoms with E-state index >= 15 is 0 Å². The van der Waals surface area contributed by atoms with Gasteiger partial charge in [0.1, 0.15) is 0 Å². The maximum absolute atomic E-state index is 12.3. The molecule has 3 rings (SSSR count). The molecule has 0 aliphatic rings. The molecule has 4 N–H and O–H groups in total. The molecule has 2 aromatic carbocycles. The fraction of sp³-hybridized carbons (Fsp3) is 0.143. The van der Waals surface area contributed by atoms with Gasteiger partial charge < -0.3 is 11.2 Å². The van der Waals surface area contributed by atoms with Crippen LogP contribution in [0, 0.1) is 0 Å². The second-order valence-electron chi connectivity index (χ2n) is 6.32. The van der Waals surface area contributed by atoms with Crippen LogP contribution in [0.5, 0.6) is 0 Å². The van der Waals surface area contributed by atoms with Gasteiger partial charge in [0.05, 0.1) is 17.2 Å². The van der Waals surface area contributed by atoms with Crippen LogP contribution in [0.3, 0.4) is 0 Å². The molecule has 1 aromatic heterocycles. The fourth-order valence-electron chi connectivity index (χ4n) is 2.47. The average Bonchev–Trinajstić information content (AvgIpc) is 3.15. The van der Waals surface area contributed by atoms with Crippen molar-refractivity contribution in [3.63, 3.8) is 0 Å². The van der Waals surface area contributed by atoms with Gasteiger partial charge in [-0.1, -0.05) is 60.3 Å². The third-order valence-corrected chi connectivity index (χ3v) is 5.77. The summed E-state index contributed by atoms with van der Waals surface area (Å²) < 4.78 is 1.27. The van der Waals surface area contributed by atoms with E-state index < -0.39 is 0 Å². The highest BCUT2D eigenvalue weighted by atomic mass is 32.2. The van der Waals surface area contributed by atoms with Crippen LogP contribution in [0.25, 0.3) is 6.08 Å². The van der Waals surface area contributed by atoms with Gasteiger partial charge in [0.25, 0.3) is 5.95 Å². The summed E-state index contributed by atoms with van der Waals surface area (Å²) in [6.07, 6.45) is 5.81. The van der Waals surface area contributed by atoms with Gasteiger partial charge in [0.2, 0.25) is 11.1 Å². The number of hydrogen-bond acceptors (Lipinski definition) is 8. The molecule has 160 valence electrons. The maximum Gasteiger partial charge on any atom is 0.264 e. The van der Waals surface area contributed by atoms with E-state index in [-0.39, 0.29) is 17.6 Å². The van der Waals surface area contributed by atoms with Crippen molar-refractivity contribution in [2.75, 3.05) is 28.6 Å². The molecule has 10 heteroatoms. The first-order valence-corrected chi connectivity index (χ1v) is 11.6. The van der Waals surface area contributed by atoms with Crippen molar-refractivity contribution >= 4 is 52.9 Å². The number of carbonyl (C=O) groups is 1. The van der Waals surface area contributed by atoms with Gasteiger partial charge in [0.15, 0.2) is 0 Å². The highest BCUT2D eigenvalue weighted by Crippen LogP contribution is 2.25. The second-order valence-corrected chi connectivity index (χ2v) is 8.11. The molecule has 0 aliphatic carbocycles. The molecule has 0 saturated heterocycles. The number of rotatable bonds is 9. The number of aromatic nitrogens is 3. The smallest absolute Gasteiger partial charge is 0.264 e. The molecule has 1 heterocycles. The Morgan fingerprint density at radius 3 is 2.68 bits per heavy atom. The highest BCUT2D eigenvalue weighted by molar-refractivity contribution is 7.99. The van der Waals surface area contributed by atoms with E-state index in [9.17, 15) is 4.79 Å². The first kappa shape index (κ1) is 22.4. The number of thioether (sulfide) groups is 2. The van der Waals surface area contributed by atoms with Crippen LogP contribution in [0.1, 0.15) is 12.5 Å². The zero-order valence-electron chi connectivity index (χ0n) is 17.1. The quantitative estimate of drug-likeness (QED) is 0.195. The maximum atomic E-state index is 12.3. The van der Waals surface area contributed by atoms with Gasteiger partial charge in [-0.05, 0) is 37.0 Å². The van der Waals surface area contributed by atoms with Crippen LogP contribution in [0.4, 0.5) is 11.6 Å². The van der Waals surface area contributed by atoms with E-state index in [4.69, 9.17) is 5.84 Å². The molecular formula is C21H23N7OS2. The molecule has 0 unspecified atom stereocenters. The fourth-order valence-corrected chi connectivity index (χ4v) is 3.68. The minimum absolute atomic E-state index is 0.149. The lowest BCUT2D eigenvalue weighted by atomic mass is 10.2. The Balaban J connectivity index is 1.53. The molecule has 3 aromatic rings. The highest BCUT2D eigenvalue weighted by Gasteiger charge is 2.13. The number of carbonyl (C=O) groups excluding carboxylic acids is 1. The Kier molecular flexibility index (Phi) is 8.13. The van der Waals surface area contributed by atoms with Crippen LogP contribution in [-0.4, -0.2) is 38.5 Å². The lowest BCUT2D eigenvalue weighted by Crippen LogP contribution is -2.17. The summed E-state index contributed by atoms with van der Waals surface area (Å²) in [4.78, 5) is 13.3. The number of para-hydroxylation sites is 1. The Hall–Kier alpha value is -3.24. The third kappa shape index (κ3) is 6.63. The van der Waals surface area contributed by atoms with Crippen molar-refractivity contribution in [1.29, 1.82) is 0 Å². The topological polar surface area (TPSA) is 110 Å². The zero-order chi connectivity index (χ0) is 22.1. The van der Waals surface area contributed by atoms with Gasteiger partial charge in [-0.25, -0.2) is 10.1 Å². The van der Waals surface area contributed by atoms with Crippen molar-refractivity contribution in [1.82, 2.24) is 14.9 Å². The first-order chi connectivity index (χ1) is 15.1. The lowest BCUT2D eigenvalue weighted by Gasteiger charge is -2.08. The summed E-state index contributed by atoms with van der Waals surface area (Å²) in [5, 5.41) is 15.5. The Labute approximate surface area is 189 Å². The monoisotopic (exact) mass is 453 g/mol. The normalized spacial score (nSPS) is 11.6. The number of hydrogen-bond donors (Lipinski definition) is 3. The Morgan fingerprint density at radius 2 is 1.90 bits per heavy atom. The number of nitrogens with two attached hydrogens (primary N) is 1. The molecule has 0 saturated carbocycles. The lowest BCUT2D eigenvalue weighted by molar-refractivity contribution is -0.113. The van der Waals surface area contributed by atoms with Crippen molar-refractivity contribution in [3.8, 4) is 0 Å². The number of amides is 1. The molecule has 1 amide bonds. The summed E-state index contributed by atoms with van der Waals surface area (Å²) in [5.74, 6) is 6.31. The van der Waals surface area contributed by atoms with E-state index in [1.807, 2.05) is 79.9 Å². The van der Waals surface area contributed by atoms with Gasteiger partial charge in [-0.15, -0.1) is 22.0 Å². The number of hydrazone groups is 1. The first-order valence-electron chi connectivity index (χ1n) is 9.36. The third-order valence-electron chi connectivity index (χ3n) is 4.03.